The minimum atomic E-state index is -0.0624. The Bertz CT molecular complexity index is 394. The van der Waals surface area contributed by atoms with Crippen molar-refractivity contribution in [2.75, 3.05) is 12.4 Å². The first-order valence-corrected chi connectivity index (χ1v) is 6.59. The van der Waals surface area contributed by atoms with Gasteiger partial charge in [0.1, 0.15) is 5.76 Å². The molecule has 1 fully saturated rings. The zero-order valence-corrected chi connectivity index (χ0v) is 10.8. The van der Waals surface area contributed by atoms with Crippen molar-refractivity contribution in [3.05, 3.63) is 23.7 Å². The Morgan fingerprint density at radius 2 is 2.24 bits per heavy atom. The number of halogens is 1. The average Bonchev–Trinajstić information content (AvgIpc) is 2.95. The molecule has 0 radical (unpaired) electrons. The summed E-state index contributed by atoms with van der Waals surface area (Å²) in [6, 6.07) is 1.70. The molecule has 17 heavy (non-hydrogen) atoms. The number of hydrogen-bond donors (Lipinski definition) is 1. The van der Waals surface area contributed by atoms with Crippen LogP contribution in [0.5, 0.6) is 0 Å². The van der Waals surface area contributed by atoms with Gasteiger partial charge in [0.15, 0.2) is 0 Å². The first kappa shape index (κ1) is 12.5. The van der Waals surface area contributed by atoms with Crippen molar-refractivity contribution in [3.63, 3.8) is 0 Å². The van der Waals surface area contributed by atoms with Crippen LogP contribution in [-0.4, -0.2) is 18.3 Å². The van der Waals surface area contributed by atoms with Gasteiger partial charge in [-0.1, -0.05) is 12.8 Å². The zero-order chi connectivity index (χ0) is 12.3. The van der Waals surface area contributed by atoms with Crippen LogP contribution in [-0.2, 0) is 0 Å². The lowest BCUT2D eigenvalue weighted by Crippen LogP contribution is -2.37. The Hall–Kier alpha value is -0.960. The molecule has 1 aliphatic carbocycles. The molecule has 1 aliphatic rings. The summed E-state index contributed by atoms with van der Waals surface area (Å²) in [4.78, 5) is 11.9. The minimum Gasteiger partial charge on any atom is -0.469 e. The summed E-state index contributed by atoms with van der Waals surface area (Å²) in [7, 11) is 0. The fourth-order valence-electron chi connectivity index (χ4n) is 2.47. The number of furan rings is 1. The van der Waals surface area contributed by atoms with Gasteiger partial charge in [-0.25, -0.2) is 0 Å². The topological polar surface area (TPSA) is 42.2 Å². The first-order valence-electron chi connectivity index (χ1n) is 6.05. The monoisotopic (exact) mass is 255 g/mol. The third-order valence-corrected chi connectivity index (χ3v) is 4.24. The van der Waals surface area contributed by atoms with E-state index in [1.54, 1.807) is 13.0 Å². The summed E-state index contributed by atoms with van der Waals surface area (Å²) in [5.74, 6) is 1.22. The number of alkyl halides is 1. The predicted octanol–water partition coefficient (Wildman–Crippen LogP) is 3.12. The maximum Gasteiger partial charge on any atom is 0.254 e. The van der Waals surface area contributed by atoms with Gasteiger partial charge in [-0.15, -0.1) is 11.6 Å². The van der Waals surface area contributed by atoms with E-state index in [1.807, 2.05) is 0 Å². The summed E-state index contributed by atoms with van der Waals surface area (Å²) in [6.45, 7) is 2.46. The van der Waals surface area contributed by atoms with E-state index in [0.717, 1.165) is 12.8 Å². The summed E-state index contributed by atoms with van der Waals surface area (Å²) in [6.07, 6.45) is 6.19. The summed E-state index contributed by atoms with van der Waals surface area (Å²) in [5.41, 5.74) is 0.724. The lowest BCUT2D eigenvalue weighted by molar-refractivity contribution is 0.0933. The molecule has 94 valence electrons. The molecule has 2 rings (SSSR count). The van der Waals surface area contributed by atoms with Crippen LogP contribution >= 0.6 is 11.6 Å². The SMILES string of the molecule is Cc1occc1C(=O)NCC1(CCl)CCCC1. The molecule has 1 amide bonds. The molecular weight excluding hydrogens is 238 g/mol. The van der Waals surface area contributed by atoms with Crippen LogP contribution < -0.4 is 5.32 Å². The van der Waals surface area contributed by atoms with Gasteiger partial charge in [0.25, 0.3) is 5.91 Å². The molecular formula is C13H18ClNO2. The smallest absolute Gasteiger partial charge is 0.254 e. The lowest BCUT2D eigenvalue weighted by atomic mass is 9.88. The second-order valence-electron chi connectivity index (χ2n) is 4.91. The van der Waals surface area contributed by atoms with Gasteiger partial charge in [-0.05, 0) is 25.8 Å². The number of aryl methyl sites for hydroxylation is 1. The van der Waals surface area contributed by atoms with E-state index in [4.69, 9.17) is 16.0 Å². The highest BCUT2D eigenvalue weighted by Crippen LogP contribution is 2.38. The molecule has 1 heterocycles. The molecule has 0 bridgehead atoms. The lowest BCUT2D eigenvalue weighted by Gasteiger charge is -2.26. The van der Waals surface area contributed by atoms with Gasteiger partial charge < -0.3 is 9.73 Å². The highest BCUT2D eigenvalue weighted by Gasteiger charge is 2.33. The molecule has 1 aromatic rings. The van der Waals surface area contributed by atoms with Crippen molar-refractivity contribution in [1.29, 1.82) is 0 Å². The van der Waals surface area contributed by atoms with Crippen LogP contribution in [0.1, 0.15) is 41.8 Å². The molecule has 3 nitrogen and oxygen atoms in total. The number of nitrogens with one attached hydrogen (secondary N) is 1. The maximum absolute atomic E-state index is 11.9. The van der Waals surface area contributed by atoms with Gasteiger partial charge in [0, 0.05) is 17.8 Å². The van der Waals surface area contributed by atoms with Crippen LogP contribution in [0.3, 0.4) is 0 Å². The third-order valence-electron chi connectivity index (χ3n) is 3.68. The molecule has 4 heteroatoms. The van der Waals surface area contributed by atoms with Crippen molar-refractivity contribution in [1.82, 2.24) is 5.32 Å². The van der Waals surface area contributed by atoms with Gasteiger partial charge in [-0.2, -0.15) is 0 Å². The first-order chi connectivity index (χ1) is 8.17. The van der Waals surface area contributed by atoms with Gasteiger partial charge in [-0.3, -0.25) is 4.79 Å². The summed E-state index contributed by atoms with van der Waals surface area (Å²) < 4.78 is 5.12. The Morgan fingerprint density at radius 3 is 2.76 bits per heavy atom. The van der Waals surface area contributed by atoms with Crippen molar-refractivity contribution >= 4 is 17.5 Å². The zero-order valence-electron chi connectivity index (χ0n) is 10.1. The van der Waals surface area contributed by atoms with Crippen molar-refractivity contribution in [2.24, 2.45) is 5.41 Å². The Kier molecular flexibility index (Phi) is 3.77. The molecule has 0 aliphatic heterocycles. The largest absolute Gasteiger partial charge is 0.469 e. The Labute approximate surface area is 107 Å². The number of carbonyl (C=O) groups is 1. The van der Waals surface area contributed by atoms with Crippen LogP contribution in [0.15, 0.2) is 16.7 Å². The molecule has 0 aromatic carbocycles. The van der Waals surface area contributed by atoms with Crippen LogP contribution in [0, 0.1) is 12.3 Å². The normalized spacial score (nSPS) is 18.2. The fourth-order valence-corrected chi connectivity index (χ4v) is 2.83. The molecule has 0 saturated heterocycles. The van der Waals surface area contributed by atoms with E-state index in [-0.39, 0.29) is 11.3 Å². The quantitative estimate of drug-likeness (QED) is 0.840. The second kappa shape index (κ2) is 5.13. The third kappa shape index (κ3) is 2.65. The van der Waals surface area contributed by atoms with E-state index in [2.05, 4.69) is 5.32 Å². The summed E-state index contributed by atoms with van der Waals surface area (Å²) >= 11 is 6.03. The number of hydrogen-bond acceptors (Lipinski definition) is 2. The van der Waals surface area contributed by atoms with Crippen LogP contribution in [0.25, 0.3) is 0 Å². The Balaban J connectivity index is 1.94. The molecule has 0 unspecified atom stereocenters. The van der Waals surface area contributed by atoms with Crippen molar-refractivity contribution in [2.45, 2.75) is 32.6 Å². The molecule has 1 N–H and O–H groups in total. The van der Waals surface area contributed by atoms with E-state index < -0.39 is 0 Å². The van der Waals surface area contributed by atoms with Crippen LogP contribution in [0.2, 0.25) is 0 Å². The molecule has 1 saturated carbocycles. The number of amides is 1. The molecule has 1 aromatic heterocycles. The minimum absolute atomic E-state index is 0.0624. The highest BCUT2D eigenvalue weighted by molar-refractivity contribution is 6.18. The van der Waals surface area contributed by atoms with Crippen LogP contribution in [0.4, 0.5) is 0 Å². The summed E-state index contributed by atoms with van der Waals surface area (Å²) in [5, 5.41) is 2.98. The van der Waals surface area contributed by atoms with E-state index >= 15 is 0 Å². The predicted molar refractivity (Wildman–Crippen MR) is 67.4 cm³/mol. The fraction of sp³-hybridized carbons (Fsp3) is 0.615. The van der Waals surface area contributed by atoms with E-state index in [0.29, 0.717) is 23.7 Å². The van der Waals surface area contributed by atoms with Gasteiger partial charge in [0.05, 0.1) is 11.8 Å². The van der Waals surface area contributed by atoms with Crippen molar-refractivity contribution < 1.29 is 9.21 Å². The van der Waals surface area contributed by atoms with Crippen molar-refractivity contribution in [3.8, 4) is 0 Å². The highest BCUT2D eigenvalue weighted by atomic mass is 35.5. The second-order valence-corrected chi connectivity index (χ2v) is 5.18. The standard InChI is InChI=1S/C13H18ClNO2/c1-10-11(4-7-17-10)12(16)15-9-13(8-14)5-2-3-6-13/h4,7H,2-3,5-6,8-9H2,1H3,(H,15,16). The van der Waals surface area contributed by atoms with E-state index in [1.165, 1.54) is 19.1 Å². The molecule has 0 spiro atoms. The number of carbonyl (C=O) groups excluding carboxylic acids is 1. The van der Waals surface area contributed by atoms with Gasteiger partial charge >= 0.3 is 0 Å². The number of rotatable bonds is 4. The maximum atomic E-state index is 11.9. The Morgan fingerprint density at radius 1 is 1.53 bits per heavy atom. The average molecular weight is 256 g/mol. The van der Waals surface area contributed by atoms with E-state index in [9.17, 15) is 4.79 Å². The van der Waals surface area contributed by atoms with Gasteiger partial charge in [0.2, 0.25) is 0 Å². The molecule has 0 atom stereocenters.